The van der Waals surface area contributed by atoms with Crippen LogP contribution in [-0.4, -0.2) is 25.5 Å². The predicted octanol–water partition coefficient (Wildman–Crippen LogP) is 2.14. The van der Waals surface area contributed by atoms with E-state index in [0.717, 1.165) is 18.4 Å². The number of anilines is 1. The minimum absolute atomic E-state index is 0.135. The number of unbranched alkanes of at least 4 members (excludes halogenated alkanes) is 1. The molecule has 0 aliphatic rings. The fourth-order valence-electron chi connectivity index (χ4n) is 2.42. The van der Waals surface area contributed by atoms with Gasteiger partial charge < -0.3 is 5.32 Å². The summed E-state index contributed by atoms with van der Waals surface area (Å²) in [5.74, 6) is 1.09. The largest absolute Gasteiger partial charge is 0.310 e. The second-order valence-electron chi connectivity index (χ2n) is 5.60. The fourth-order valence-corrected chi connectivity index (χ4v) is 2.42. The van der Waals surface area contributed by atoms with E-state index in [9.17, 15) is 9.59 Å². The first kappa shape index (κ1) is 15.9. The monoisotopic (exact) mass is 325 g/mol. The Bertz CT molecular complexity index is 898. The summed E-state index contributed by atoms with van der Waals surface area (Å²) in [7, 11) is 0. The van der Waals surface area contributed by atoms with Gasteiger partial charge in [0.1, 0.15) is 5.82 Å². The van der Waals surface area contributed by atoms with E-state index in [-0.39, 0.29) is 11.5 Å². The zero-order chi connectivity index (χ0) is 16.9. The van der Waals surface area contributed by atoms with Crippen LogP contribution in [0.2, 0.25) is 0 Å². The number of carbonyl (C=O) groups is 1. The zero-order valence-electron chi connectivity index (χ0n) is 13.5. The molecule has 3 aromatic rings. The predicted molar refractivity (Wildman–Crippen MR) is 91.0 cm³/mol. The number of fused-ring (bicyclic) bond motifs is 1. The first-order chi connectivity index (χ1) is 11.7. The van der Waals surface area contributed by atoms with Crippen LogP contribution in [0.25, 0.3) is 5.78 Å². The molecule has 3 rings (SSSR count). The van der Waals surface area contributed by atoms with E-state index >= 15 is 0 Å². The molecule has 0 bridgehead atoms. The molecule has 7 nitrogen and oxygen atoms in total. The molecule has 0 spiro atoms. The lowest BCUT2D eigenvalue weighted by Gasteiger charge is -2.05. The van der Waals surface area contributed by atoms with E-state index in [1.54, 1.807) is 0 Å². The van der Waals surface area contributed by atoms with Gasteiger partial charge in [-0.1, -0.05) is 43.7 Å². The third-order valence-corrected chi connectivity index (χ3v) is 3.61. The maximum Gasteiger partial charge on any atom is 0.254 e. The molecule has 0 saturated carbocycles. The van der Waals surface area contributed by atoms with Gasteiger partial charge in [-0.05, 0) is 12.0 Å². The Kier molecular flexibility index (Phi) is 4.69. The number of carbonyl (C=O) groups excluding carboxylic acids is 1. The van der Waals surface area contributed by atoms with E-state index in [4.69, 9.17) is 0 Å². The molecular formula is C17H19N5O2. The lowest BCUT2D eigenvalue weighted by Crippen LogP contribution is -2.18. The van der Waals surface area contributed by atoms with E-state index in [2.05, 4.69) is 20.4 Å². The number of aromatic amines is 1. The van der Waals surface area contributed by atoms with Crippen LogP contribution in [0.3, 0.4) is 0 Å². The minimum Gasteiger partial charge on any atom is -0.310 e. The summed E-state index contributed by atoms with van der Waals surface area (Å²) in [4.78, 5) is 30.7. The van der Waals surface area contributed by atoms with Crippen LogP contribution in [0.5, 0.6) is 0 Å². The summed E-state index contributed by atoms with van der Waals surface area (Å²) < 4.78 is 1.46. The zero-order valence-corrected chi connectivity index (χ0v) is 13.5. The van der Waals surface area contributed by atoms with Crippen molar-refractivity contribution < 1.29 is 4.79 Å². The Labute approximate surface area is 138 Å². The summed E-state index contributed by atoms with van der Waals surface area (Å²) in [5, 5.41) is 7.14. The molecule has 0 radical (unpaired) electrons. The molecule has 0 atom stereocenters. The van der Waals surface area contributed by atoms with Crippen molar-refractivity contribution in [3.05, 3.63) is 58.1 Å². The molecule has 2 heterocycles. The fraction of sp³-hybridized carbons (Fsp3) is 0.294. The minimum atomic E-state index is -0.327. The number of rotatable bonds is 6. The van der Waals surface area contributed by atoms with Gasteiger partial charge in [0, 0.05) is 18.9 Å². The molecule has 0 aliphatic heterocycles. The molecule has 0 saturated heterocycles. The molecule has 2 N–H and O–H groups in total. The van der Waals surface area contributed by atoms with Crippen LogP contribution < -0.4 is 10.9 Å². The quantitative estimate of drug-likeness (QED) is 0.726. The van der Waals surface area contributed by atoms with Crippen molar-refractivity contribution in [2.75, 3.05) is 5.32 Å². The van der Waals surface area contributed by atoms with E-state index < -0.39 is 0 Å². The maximum atomic E-state index is 11.9. The number of H-pyrrole nitrogens is 1. The van der Waals surface area contributed by atoms with E-state index in [1.807, 2.05) is 37.3 Å². The van der Waals surface area contributed by atoms with Gasteiger partial charge in [-0.3, -0.25) is 14.6 Å². The highest BCUT2D eigenvalue weighted by molar-refractivity contribution is 5.89. The van der Waals surface area contributed by atoms with Crippen LogP contribution in [0.1, 0.15) is 37.6 Å². The number of amides is 1. The van der Waals surface area contributed by atoms with Crippen LogP contribution in [0.15, 0.2) is 41.2 Å². The molecule has 0 fully saturated rings. The number of benzene rings is 1. The Balaban J connectivity index is 1.89. The second kappa shape index (κ2) is 7.08. The number of hydrogen-bond donors (Lipinski definition) is 2. The topological polar surface area (TPSA) is 92.1 Å². The highest BCUT2D eigenvalue weighted by Crippen LogP contribution is 2.10. The Morgan fingerprint density at radius 3 is 2.83 bits per heavy atom. The number of hydrogen-bond acceptors (Lipinski definition) is 4. The summed E-state index contributed by atoms with van der Waals surface area (Å²) in [6.07, 6.45) is 2.70. The van der Waals surface area contributed by atoms with Crippen LogP contribution >= 0.6 is 0 Å². The average Bonchev–Trinajstić information content (AvgIpc) is 2.96. The van der Waals surface area contributed by atoms with Gasteiger partial charge >= 0.3 is 0 Å². The number of nitrogens with one attached hydrogen (secondary N) is 2. The van der Waals surface area contributed by atoms with Crippen LogP contribution in [-0.2, 0) is 11.2 Å². The SMILES string of the molecule is CCCCC(=O)Nc1cc(=O)[nH]c2nc(Cc3ccccc3)nn12. The molecule has 0 aliphatic carbocycles. The van der Waals surface area contributed by atoms with Crippen molar-refractivity contribution in [3.63, 3.8) is 0 Å². The highest BCUT2D eigenvalue weighted by atomic mass is 16.2. The van der Waals surface area contributed by atoms with Crippen molar-refractivity contribution >= 4 is 17.5 Å². The van der Waals surface area contributed by atoms with Crippen molar-refractivity contribution in [2.24, 2.45) is 0 Å². The highest BCUT2D eigenvalue weighted by Gasteiger charge is 2.12. The normalized spacial score (nSPS) is 10.9. The summed E-state index contributed by atoms with van der Waals surface area (Å²) >= 11 is 0. The van der Waals surface area contributed by atoms with Gasteiger partial charge in [0.2, 0.25) is 11.7 Å². The van der Waals surface area contributed by atoms with Gasteiger partial charge in [-0.15, -0.1) is 5.10 Å². The van der Waals surface area contributed by atoms with Gasteiger partial charge in [-0.2, -0.15) is 9.50 Å². The molecule has 0 unspecified atom stereocenters. The second-order valence-corrected chi connectivity index (χ2v) is 5.60. The first-order valence-electron chi connectivity index (χ1n) is 7.98. The molecule has 2 aromatic heterocycles. The molecule has 124 valence electrons. The standard InChI is InChI=1S/C17H19N5O2/c1-2-3-9-15(23)19-14-11-16(24)20-17-18-13(21-22(14)17)10-12-7-5-4-6-8-12/h4-8,11H,2-3,9-10H2,1H3,(H,19,23)(H,18,20,21,24). The van der Waals surface area contributed by atoms with Crippen LogP contribution in [0, 0.1) is 0 Å². The van der Waals surface area contributed by atoms with E-state index in [1.165, 1.54) is 10.6 Å². The lowest BCUT2D eigenvalue weighted by molar-refractivity contribution is -0.116. The van der Waals surface area contributed by atoms with Crippen molar-refractivity contribution in [2.45, 2.75) is 32.6 Å². The maximum absolute atomic E-state index is 11.9. The Morgan fingerprint density at radius 2 is 2.08 bits per heavy atom. The van der Waals surface area contributed by atoms with E-state index in [0.29, 0.717) is 30.3 Å². The van der Waals surface area contributed by atoms with Gasteiger partial charge in [0.15, 0.2) is 5.82 Å². The lowest BCUT2D eigenvalue weighted by atomic mass is 10.1. The van der Waals surface area contributed by atoms with Gasteiger partial charge in [0.25, 0.3) is 5.56 Å². The third-order valence-electron chi connectivity index (χ3n) is 3.61. The molecule has 24 heavy (non-hydrogen) atoms. The number of nitrogens with zero attached hydrogens (tertiary/aromatic N) is 3. The molecule has 7 heteroatoms. The Morgan fingerprint density at radius 1 is 1.29 bits per heavy atom. The summed E-state index contributed by atoms with van der Waals surface area (Å²) in [6, 6.07) is 11.1. The molecule has 1 amide bonds. The van der Waals surface area contributed by atoms with Crippen molar-refractivity contribution in [3.8, 4) is 0 Å². The van der Waals surface area contributed by atoms with Crippen LogP contribution in [0.4, 0.5) is 5.82 Å². The van der Waals surface area contributed by atoms with Gasteiger partial charge in [0.05, 0.1) is 0 Å². The third kappa shape index (κ3) is 3.68. The summed E-state index contributed by atoms with van der Waals surface area (Å²) in [6.45, 7) is 2.02. The van der Waals surface area contributed by atoms with Crippen molar-refractivity contribution in [1.82, 2.24) is 19.6 Å². The molecular weight excluding hydrogens is 306 g/mol. The Hall–Kier alpha value is -2.96. The number of aromatic nitrogens is 4. The molecule has 1 aromatic carbocycles. The van der Waals surface area contributed by atoms with Crippen molar-refractivity contribution in [1.29, 1.82) is 0 Å². The summed E-state index contributed by atoms with van der Waals surface area (Å²) in [5.41, 5.74) is 0.747. The van der Waals surface area contributed by atoms with Gasteiger partial charge in [-0.25, -0.2) is 0 Å². The average molecular weight is 325 g/mol. The first-order valence-corrected chi connectivity index (χ1v) is 7.98. The smallest absolute Gasteiger partial charge is 0.254 e.